The third-order valence-corrected chi connectivity index (χ3v) is 3.10. The Bertz CT molecular complexity index is 195. The first-order valence-electron chi connectivity index (χ1n) is 5.27. The first-order chi connectivity index (χ1) is 6.18. The summed E-state index contributed by atoms with van der Waals surface area (Å²) >= 11 is 0. The lowest BCUT2D eigenvalue weighted by Crippen LogP contribution is -2.45. The van der Waals surface area contributed by atoms with Crippen LogP contribution in [-0.4, -0.2) is 29.1 Å². The highest BCUT2D eigenvalue weighted by Crippen LogP contribution is 2.37. The fourth-order valence-electron chi connectivity index (χ4n) is 2.57. The third kappa shape index (κ3) is 1.52. The quantitative estimate of drug-likeness (QED) is 0.658. The van der Waals surface area contributed by atoms with Crippen molar-refractivity contribution >= 4 is 6.03 Å². The number of hydrogen-bond acceptors (Lipinski definition) is 1. The van der Waals surface area contributed by atoms with Crippen LogP contribution in [-0.2, 0) is 0 Å². The van der Waals surface area contributed by atoms with Crippen molar-refractivity contribution < 1.29 is 4.79 Å². The van der Waals surface area contributed by atoms with Crippen molar-refractivity contribution in [3.05, 3.63) is 0 Å². The Hall–Kier alpha value is -0.730. The van der Waals surface area contributed by atoms with Crippen LogP contribution in [0.2, 0.25) is 0 Å². The molecule has 2 rings (SSSR count). The Labute approximate surface area is 79.5 Å². The molecule has 13 heavy (non-hydrogen) atoms. The number of nitrogens with one attached hydrogen (secondary N) is 1. The van der Waals surface area contributed by atoms with Crippen LogP contribution in [0, 0.1) is 0 Å². The molecular weight excluding hydrogens is 164 g/mol. The Balaban J connectivity index is 1.97. The molecule has 0 aromatic heterocycles. The number of fused-ring (bicyclic) bond motifs is 2. The molecule has 2 bridgehead atoms. The van der Waals surface area contributed by atoms with E-state index in [-0.39, 0.29) is 12.1 Å². The summed E-state index contributed by atoms with van der Waals surface area (Å²) < 4.78 is 0. The number of carbonyl (C=O) groups is 1. The topological polar surface area (TPSA) is 32.3 Å². The van der Waals surface area contributed by atoms with E-state index in [4.69, 9.17) is 0 Å². The van der Waals surface area contributed by atoms with Gasteiger partial charge in [0.05, 0.1) is 0 Å². The molecule has 74 valence electrons. The molecular formula is C10H18N2O. The number of urea groups is 1. The van der Waals surface area contributed by atoms with E-state index in [9.17, 15) is 4.79 Å². The van der Waals surface area contributed by atoms with Gasteiger partial charge in [0.2, 0.25) is 0 Å². The summed E-state index contributed by atoms with van der Waals surface area (Å²) in [6, 6.07) is 1.50. The maximum Gasteiger partial charge on any atom is 0.318 e. The summed E-state index contributed by atoms with van der Waals surface area (Å²) in [6.45, 7) is 4.02. The highest BCUT2D eigenvalue weighted by Gasteiger charge is 2.42. The monoisotopic (exact) mass is 182 g/mol. The molecule has 2 saturated heterocycles. The smallest absolute Gasteiger partial charge is 0.318 e. The van der Waals surface area contributed by atoms with E-state index in [0.29, 0.717) is 12.1 Å². The molecule has 0 aromatic carbocycles. The van der Waals surface area contributed by atoms with Crippen LogP contribution in [0.25, 0.3) is 0 Å². The Morgan fingerprint density at radius 1 is 1.23 bits per heavy atom. The zero-order chi connectivity index (χ0) is 9.42. The van der Waals surface area contributed by atoms with Crippen molar-refractivity contribution in [1.29, 1.82) is 0 Å². The SMILES string of the molecule is CC(C)NC(=O)N1C2CCC1CC2. The summed E-state index contributed by atoms with van der Waals surface area (Å²) in [5, 5.41) is 2.97. The zero-order valence-corrected chi connectivity index (χ0v) is 8.42. The number of amides is 2. The van der Waals surface area contributed by atoms with E-state index >= 15 is 0 Å². The first-order valence-corrected chi connectivity index (χ1v) is 5.27. The maximum absolute atomic E-state index is 11.7. The lowest BCUT2D eigenvalue weighted by molar-refractivity contribution is 0.189. The highest BCUT2D eigenvalue weighted by molar-refractivity contribution is 5.75. The molecule has 2 heterocycles. The van der Waals surface area contributed by atoms with Crippen LogP contribution in [0.1, 0.15) is 39.5 Å². The lowest BCUT2D eigenvalue weighted by Gasteiger charge is -2.23. The van der Waals surface area contributed by atoms with Gasteiger partial charge in [-0.15, -0.1) is 0 Å². The Morgan fingerprint density at radius 2 is 1.69 bits per heavy atom. The van der Waals surface area contributed by atoms with Crippen molar-refractivity contribution in [2.75, 3.05) is 0 Å². The summed E-state index contributed by atoms with van der Waals surface area (Å²) in [5.74, 6) is 0. The molecule has 2 aliphatic heterocycles. The van der Waals surface area contributed by atoms with Crippen LogP contribution in [0.5, 0.6) is 0 Å². The van der Waals surface area contributed by atoms with Crippen LogP contribution >= 0.6 is 0 Å². The van der Waals surface area contributed by atoms with Gasteiger partial charge in [0.1, 0.15) is 0 Å². The van der Waals surface area contributed by atoms with Crippen molar-refractivity contribution in [2.45, 2.75) is 57.7 Å². The number of hydrogen-bond donors (Lipinski definition) is 1. The van der Waals surface area contributed by atoms with Gasteiger partial charge in [-0.25, -0.2) is 4.79 Å². The highest BCUT2D eigenvalue weighted by atomic mass is 16.2. The van der Waals surface area contributed by atoms with E-state index in [1.807, 2.05) is 13.8 Å². The molecule has 1 N–H and O–H groups in total. The van der Waals surface area contributed by atoms with Gasteiger partial charge in [0.25, 0.3) is 0 Å². The molecule has 2 fully saturated rings. The fraction of sp³-hybridized carbons (Fsp3) is 0.900. The third-order valence-electron chi connectivity index (χ3n) is 3.10. The summed E-state index contributed by atoms with van der Waals surface area (Å²) in [5.41, 5.74) is 0. The van der Waals surface area contributed by atoms with Gasteiger partial charge in [0.15, 0.2) is 0 Å². The van der Waals surface area contributed by atoms with Gasteiger partial charge >= 0.3 is 6.03 Å². The summed E-state index contributed by atoms with van der Waals surface area (Å²) in [7, 11) is 0. The van der Waals surface area contributed by atoms with Gasteiger partial charge in [-0.3, -0.25) is 0 Å². The largest absolute Gasteiger partial charge is 0.336 e. The van der Waals surface area contributed by atoms with E-state index in [0.717, 1.165) is 0 Å². The second kappa shape index (κ2) is 3.20. The fourth-order valence-corrected chi connectivity index (χ4v) is 2.57. The molecule has 0 saturated carbocycles. The average molecular weight is 182 g/mol. The number of rotatable bonds is 1. The minimum Gasteiger partial charge on any atom is -0.336 e. The molecule has 0 unspecified atom stereocenters. The van der Waals surface area contributed by atoms with Crippen molar-refractivity contribution in [1.82, 2.24) is 10.2 Å². The molecule has 2 amide bonds. The van der Waals surface area contributed by atoms with Crippen LogP contribution in [0.3, 0.4) is 0 Å². The van der Waals surface area contributed by atoms with Crippen LogP contribution < -0.4 is 5.32 Å². The molecule has 3 heteroatoms. The van der Waals surface area contributed by atoms with Crippen molar-refractivity contribution in [2.24, 2.45) is 0 Å². The minimum atomic E-state index is 0.153. The predicted octanol–water partition coefficient (Wildman–Crippen LogP) is 1.73. The summed E-state index contributed by atoms with van der Waals surface area (Å²) in [6.07, 6.45) is 4.87. The molecule has 3 nitrogen and oxygen atoms in total. The standard InChI is InChI=1S/C10H18N2O/c1-7(2)11-10(13)12-8-3-4-9(12)6-5-8/h7-9H,3-6H2,1-2H3,(H,11,13). The lowest BCUT2D eigenvalue weighted by atomic mass is 10.0. The minimum absolute atomic E-state index is 0.153. The molecule has 0 spiro atoms. The van der Waals surface area contributed by atoms with E-state index < -0.39 is 0 Å². The van der Waals surface area contributed by atoms with Gasteiger partial charge in [-0.1, -0.05) is 0 Å². The maximum atomic E-state index is 11.7. The van der Waals surface area contributed by atoms with E-state index in [1.54, 1.807) is 0 Å². The molecule has 0 atom stereocenters. The zero-order valence-electron chi connectivity index (χ0n) is 8.42. The van der Waals surface area contributed by atoms with Crippen LogP contribution in [0.15, 0.2) is 0 Å². The van der Waals surface area contributed by atoms with Gasteiger partial charge in [-0.05, 0) is 39.5 Å². The summed E-state index contributed by atoms with van der Waals surface area (Å²) in [4.78, 5) is 13.8. The Morgan fingerprint density at radius 3 is 2.08 bits per heavy atom. The normalized spacial score (nSPS) is 31.5. The number of nitrogens with zero attached hydrogens (tertiary/aromatic N) is 1. The first kappa shape index (κ1) is 8.85. The van der Waals surface area contributed by atoms with Gasteiger partial charge < -0.3 is 10.2 Å². The van der Waals surface area contributed by atoms with E-state index in [2.05, 4.69) is 10.2 Å². The Kier molecular flexibility index (Phi) is 2.18. The second-order valence-corrected chi connectivity index (χ2v) is 4.47. The van der Waals surface area contributed by atoms with Gasteiger partial charge in [0, 0.05) is 18.1 Å². The molecule has 0 aliphatic carbocycles. The molecule has 2 aliphatic rings. The predicted molar refractivity (Wildman–Crippen MR) is 51.6 cm³/mol. The second-order valence-electron chi connectivity index (χ2n) is 4.47. The van der Waals surface area contributed by atoms with Crippen molar-refractivity contribution in [3.63, 3.8) is 0 Å². The average Bonchev–Trinajstić information content (AvgIpc) is 2.60. The van der Waals surface area contributed by atoms with Crippen molar-refractivity contribution in [3.8, 4) is 0 Å². The van der Waals surface area contributed by atoms with Crippen LogP contribution in [0.4, 0.5) is 4.79 Å². The van der Waals surface area contributed by atoms with E-state index in [1.165, 1.54) is 25.7 Å². The van der Waals surface area contributed by atoms with Gasteiger partial charge in [-0.2, -0.15) is 0 Å². The molecule has 0 aromatic rings. The molecule has 0 radical (unpaired) electrons. The number of carbonyl (C=O) groups excluding carboxylic acids is 1.